The van der Waals surface area contributed by atoms with Gasteiger partial charge in [0, 0.05) is 41.7 Å². The van der Waals surface area contributed by atoms with E-state index in [-0.39, 0.29) is 0 Å². The highest BCUT2D eigenvalue weighted by Gasteiger charge is 2.12. The van der Waals surface area contributed by atoms with Crippen LogP contribution in [0.15, 0.2) is 72.8 Å². The summed E-state index contributed by atoms with van der Waals surface area (Å²) in [6.45, 7) is 0. The lowest BCUT2D eigenvalue weighted by Crippen LogP contribution is -2.07. The fourth-order valence-corrected chi connectivity index (χ4v) is 4.04. The second kappa shape index (κ2) is 6.72. The Morgan fingerprint density at radius 3 is 1.97 bits per heavy atom. The average Bonchev–Trinajstić information content (AvgIpc) is 2.76. The molecule has 29 heavy (non-hydrogen) atoms. The summed E-state index contributed by atoms with van der Waals surface area (Å²) in [5, 5.41) is 7.29. The molecule has 0 aliphatic heterocycles. The van der Waals surface area contributed by atoms with Crippen molar-refractivity contribution in [1.82, 2.24) is 0 Å². The van der Waals surface area contributed by atoms with Gasteiger partial charge in [-0.05, 0) is 64.0 Å². The Bertz CT molecular complexity index is 1400. The van der Waals surface area contributed by atoms with E-state index in [1.807, 2.05) is 20.2 Å². The van der Waals surface area contributed by atoms with Crippen LogP contribution in [0.5, 0.6) is 5.75 Å². The third kappa shape index (κ3) is 2.83. The summed E-state index contributed by atoms with van der Waals surface area (Å²) in [7, 11) is 5.81. The van der Waals surface area contributed by atoms with Gasteiger partial charge >= 0.3 is 0 Å². The molecule has 0 unspecified atom stereocenters. The predicted octanol–water partition coefficient (Wildman–Crippen LogP) is 6.06. The monoisotopic (exact) mass is 375 g/mol. The normalized spacial score (nSPS) is 11.0. The summed E-state index contributed by atoms with van der Waals surface area (Å²) in [5.74, 6) is 7.64. The summed E-state index contributed by atoms with van der Waals surface area (Å²) in [4.78, 5) is 2.09. The maximum atomic E-state index is 5.60. The number of hydrogen-bond donors (Lipinski definition) is 0. The molecule has 5 rings (SSSR count). The smallest absolute Gasteiger partial charge is 0.126 e. The van der Waals surface area contributed by atoms with Gasteiger partial charge in [0.15, 0.2) is 0 Å². The van der Waals surface area contributed by atoms with E-state index in [2.05, 4.69) is 83.5 Å². The minimum absolute atomic E-state index is 0.907. The molecule has 0 atom stereocenters. The molecular formula is C27H21NO. The van der Waals surface area contributed by atoms with Crippen molar-refractivity contribution in [3.63, 3.8) is 0 Å². The topological polar surface area (TPSA) is 12.5 Å². The number of methoxy groups -OCH3 is 1. The summed E-state index contributed by atoms with van der Waals surface area (Å²) < 4.78 is 5.60. The molecule has 0 heterocycles. The molecule has 0 saturated heterocycles. The van der Waals surface area contributed by atoms with Crippen molar-refractivity contribution in [2.24, 2.45) is 0 Å². The Kier molecular flexibility index (Phi) is 4.03. The zero-order chi connectivity index (χ0) is 20.0. The lowest BCUT2D eigenvalue weighted by Gasteiger charge is -2.14. The van der Waals surface area contributed by atoms with Crippen LogP contribution >= 0.6 is 0 Å². The summed E-state index contributed by atoms with van der Waals surface area (Å²) in [5.41, 5.74) is 3.24. The Balaban J connectivity index is 1.70. The number of nitrogens with zero attached hydrogens (tertiary/aromatic N) is 1. The van der Waals surface area contributed by atoms with E-state index >= 15 is 0 Å². The molecule has 0 aliphatic rings. The molecule has 0 amide bonds. The van der Waals surface area contributed by atoms with Crippen LogP contribution in [0, 0.1) is 11.8 Å². The fourth-order valence-electron chi connectivity index (χ4n) is 4.04. The maximum absolute atomic E-state index is 5.60. The first-order valence-electron chi connectivity index (χ1n) is 9.69. The molecule has 5 aromatic carbocycles. The second-order valence-corrected chi connectivity index (χ2v) is 7.49. The van der Waals surface area contributed by atoms with Crippen molar-refractivity contribution in [2.75, 3.05) is 26.1 Å². The van der Waals surface area contributed by atoms with Crippen LogP contribution in [-0.4, -0.2) is 21.2 Å². The van der Waals surface area contributed by atoms with Crippen LogP contribution in [0.1, 0.15) is 11.1 Å². The van der Waals surface area contributed by atoms with Crippen molar-refractivity contribution in [3.8, 4) is 17.6 Å². The van der Waals surface area contributed by atoms with Gasteiger partial charge in [-0.1, -0.05) is 42.2 Å². The van der Waals surface area contributed by atoms with Crippen LogP contribution in [0.25, 0.3) is 32.3 Å². The van der Waals surface area contributed by atoms with Gasteiger partial charge in [-0.25, -0.2) is 0 Å². The molecule has 140 valence electrons. The highest BCUT2D eigenvalue weighted by Crippen LogP contribution is 2.39. The van der Waals surface area contributed by atoms with Gasteiger partial charge in [-0.2, -0.15) is 0 Å². The molecule has 0 aromatic heterocycles. The average molecular weight is 375 g/mol. The summed E-state index contributed by atoms with van der Waals surface area (Å²) in [6.07, 6.45) is 0. The molecule has 2 heteroatoms. The molecule has 0 bridgehead atoms. The van der Waals surface area contributed by atoms with E-state index in [1.165, 1.54) is 32.6 Å². The Labute approximate surface area is 170 Å². The van der Waals surface area contributed by atoms with Gasteiger partial charge in [0.1, 0.15) is 5.75 Å². The second-order valence-electron chi connectivity index (χ2n) is 7.49. The third-order valence-corrected chi connectivity index (χ3v) is 5.57. The van der Waals surface area contributed by atoms with E-state index in [0.717, 1.165) is 22.3 Å². The molecule has 5 aromatic rings. The lowest BCUT2D eigenvalue weighted by atomic mass is 9.91. The molecule has 0 spiro atoms. The molecule has 2 nitrogen and oxygen atoms in total. The number of rotatable bonds is 2. The highest BCUT2D eigenvalue weighted by molar-refractivity contribution is 6.25. The SMILES string of the molecule is COc1ccc2ccc3c(C#Cc4ccc(N(C)C)cc4)ccc4ccc1c2c43. The van der Waals surface area contributed by atoms with Crippen LogP contribution < -0.4 is 9.64 Å². The van der Waals surface area contributed by atoms with Crippen LogP contribution in [0.2, 0.25) is 0 Å². The van der Waals surface area contributed by atoms with Crippen LogP contribution in [-0.2, 0) is 0 Å². The van der Waals surface area contributed by atoms with Gasteiger partial charge in [-0.3, -0.25) is 0 Å². The zero-order valence-electron chi connectivity index (χ0n) is 16.8. The van der Waals surface area contributed by atoms with Crippen molar-refractivity contribution in [2.45, 2.75) is 0 Å². The molecule has 0 N–H and O–H groups in total. The number of benzene rings is 5. The first-order valence-corrected chi connectivity index (χ1v) is 9.69. The molecular weight excluding hydrogens is 354 g/mol. The zero-order valence-corrected chi connectivity index (χ0v) is 16.8. The maximum Gasteiger partial charge on any atom is 0.126 e. The Hall–Kier alpha value is -3.70. The predicted molar refractivity (Wildman–Crippen MR) is 123 cm³/mol. The van der Waals surface area contributed by atoms with E-state index in [1.54, 1.807) is 7.11 Å². The van der Waals surface area contributed by atoms with Gasteiger partial charge in [0.25, 0.3) is 0 Å². The fraction of sp³-hybridized carbons (Fsp3) is 0.111. The lowest BCUT2D eigenvalue weighted by molar-refractivity contribution is 0.420. The molecule has 0 radical (unpaired) electrons. The third-order valence-electron chi connectivity index (χ3n) is 5.57. The van der Waals surface area contributed by atoms with Crippen LogP contribution in [0.3, 0.4) is 0 Å². The van der Waals surface area contributed by atoms with Gasteiger partial charge in [-0.15, -0.1) is 0 Å². The van der Waals surface area contributed by atoms with E-state index < -0.39 is 0 Å². The first-order chi connectivity index (χ1) is 14.2. The van der Waals surface area contributed by atoms with Crippen molar-refractivity contribution in [3.05, 3.63) is 83.9 Å². The minimum Gasteiger partial charge on any atom is -0.496 e. The van der Waals surface area contributed by atoms with Crippen molar-refractivity contribution < 1.29 is 4.74 Å². The number of ether oxygens (including phenoxy) is 1. The molecule has 0 saturated carbocycles. The number of anilines is 1. The minimum atomic E-state index is 0.907. The summed E-state index contributed by atoms with van der Waals surface area (Å²) >= 11 is 0. The standard InChI is InChI=1S/C27H21NO/c1-28(2)22-13-5-18(6-14-22)4-7-19-8-9-20-11-16-24-25(29-3)17-12-21-10-15-23(19)26(20)27(21)24/h5-6,8-17H,1-3H3. The van der Waals surface area contributed by atoms with E-state index in [4.69, 9.17) is 4.74 Å². The highest BCUT2D eigenvalue weighted by atomic mass is 16.5. The number of hydrogen-bond acceptors (Lipinski definition) is 2. The largest absolute Gasteiger partial charge is 0.496 e. The van der Waals surface area contributed by atoms with Gasteiger partial charge in [0.2, 0.25) is 0 Å². The molecule has 0 fully saturated rings. The first kappa shape index (κ1) is 17.4. The Morgan fingerprint density at radius 2 is 1.28 bits per heavy atom. The Morgan fingerprint density at radius 1 is 0.655 bits per heavy atom. The summed E-state index contributed by atoms with van der Waals surface area (Å²) in [6, 6.07) is 25.5. The van der Waals surface area contributed by atoms with Gasteiger partial charge < -0.3 is 9.64 Å². The van der Waals surface area contributed by atoms with Crippen LogP contribution in [0.4, 0.5) is 5.69 Å². The van der Waals surface area contributed by atoms with Crippen molar-refractivity contribution >= 4 is 38.0 Å². The molecule has 0 aliphatic carbocycles. The van der Waals surface area contributed by atoms with Crippen molar-refractivity contribution in [1.29, 1.82) is 0 Å². The van der Waals surface area contributed by atoms with E-state index in [9.17, 15) is 0 Å². The quantitative estimate of drug-likeness (QED) is 0.275. The van der Waals surface area contributed by atoms with Gasteiger partial charge in [0.05, 0.1) is 7.11 Å². The van der Waals surface area contributed by atoms with E-state index in [0.29, 0.717) is 0 Å².